The van der Waals surface area contributed by atoms with Gasteiger partial charge in [-0.3, -0.25) is 28.9 Å². The van der Waals surface area contributed by atoms with Crippen molar-refractivity contribution in [3.05, 3.63) is 85.5 Å². The van der Waals surface area contributed by atoms with E-state index in [1.54, 1.807) is 20.2 Å². The van der Waals surface area contributed by atoms with Crippen LogP contribution in [0.3, 0.4) is 0 Å². The van der Waals surface area contributed by atoms with Crippen LogP contribution >= 0.6 is 15.9 Å². The molecule has 14 nitrogen and oxygen atoms in total. The Kier molecular flexibility index (Phi) is 18.5. The first-order valence-electron chi connectivity index (χ1n) is 21.2. The van der Waals surface area contributed by atoms with E-state index in [2.05, 4.69) is 47.7 Å². The number of aryl methyl sites for hydroxylation is 1. The first kappa shape index (κ1) is 49.3. The second-order valence-corrected chi connectivity index (χ2v) is 15.5. The Morgan fingerprint density at radius 2 is 1.58 bits per heavy atom. The van der Waals surface area contributed by atoms with Crippen molar-refractivity contribution >= 4 is 57.1 Å². The van der Waals surface area contributed by atoms with Crippen molar-refractivity contribution in [2.75, 3.05) is 52.1 Å². The van der Waals surface area contributed by atoms with Gasteiger partial charge in [-0.15, -0.1) is 0 Å². The Hall–Kier alpha value is -5.05. The van der Waals surface area contributed by atoms with Gasteiger partial charge in [0.25, 0.3) is 23.3 Å². The highest BCUT2D eigenvalue weighted by Crippen LogP contribution is 2.45. The van der Waals surface area contributed by atoms with Gasteiger partial charge in [-0.1, -0.05) is 59.8 Å². The molecule has 60 heavy (non-hydrogen) atoms. The summed E-state index contributed by atoms with van der Waals surface area (Å²) >= 11 is 3.40. The molecule has 0 bridgehead atoms. The van der Waals surface area contributed by atoms with Gasteiger partial charge in [0.1, 0.15) is 10.8 Å². The van der Waals surface area contributed by atoms with Crippen LogP contribution in [0.25, 0.3) is 5.57 Å². The lowest BCUT2D eigenvalue weighted by molar-refractivity contribution is -0.143. The number of likely N-dealkylation sites (N-methyl/N-ethyl adjacent to an activating group) is 1. The van der Waals surface area contributed by atoms with Crippen molar-refractivity contribution < 1.29 is 24.0 Å². The van der Waals surface area contributed by atoms with Crippen molar-refractivity contribution in [2.24, 2.45) is 12.5 Å². The van der Waals surface area contributed by atoms with E-state index in [0.29, 0.717) is 65.0 Å². The van der Waals surface area contributed by atoms with E-state index < -0.39 is 17.9 Å². The van der Waals surface area contributed by atoms with Gasteiger partial charge in [0, 0.05) is 94.8 Å². The summed E-state index contributed by atoms with van der Waals surface area (Å²) < 4.78 is 1.73. The molecule has 1 aromatic heterocycles. The first-order valence-corrected chi connectivity index (χ1v) is 22.0. The highest BCUT2D eigenvalue weighted by Gasteiger charge is 2.49. The van der Waals surface area contributed by atoms with Crippen LogP contribution in [0.5, 0.6) is 0 Å². The number of imide groups is 1. The molecule has 2 atom stereocenters. The average molecular weight is 894 g/mol. The zero-order valence-electron chi connectivity index (χ0n) is 37.4. The second-order valence-electron chi connectivity index (χ2n) is 14.7. The van der Waals surface area contributed by atoms with E-state index in [1.807, 2.05) is 90.8 Å². The minimum atomic E-state index is -1.02. The van der Waals surface area contributed by atoms with Gasteiger partial charge in [0.05, 0.1) is 23.5 Å². The predicted molar refractivity (Wildman–Crippen MR) is 241 cm³/mol. The minimum absolute atomic E-state index is 0.00361. The lowest BCUT2D eigenvalue weighted by Crippen LogP contribution is -2.60. The number of rotatable bonds is 11. The number of aldehydes is 1. The number of likely N-dealkylation sites (tertiary alicyclic amines) is 2. The molecule has 0 saturated carbocycles. The molecular weight excluding hydrogens is 828 g/mol. The Balaban J connectivity index is 0.00000153. The largest absolute Gasteiger partial charge is 0.378 e. The number of aromatic nitrogens is 2. The molecule has 2 N–H and O–H groups in total. The Morgan fingerprint density at radius 3 is 2.15 bits per heavy atom. The SMILES string of the molecule is C/C=C(\C1=C(C)C(=O)N(C(C=O)CCC(=O)NC)C1=O)N1CC2(CCN(C(=O)c3ccc(C4=CN(C)CC(Nc5cnn(C)c(=O)c5Br)C4)cc3)CC2)C1.CC.CC.CC. The summed E-state index contributed by atoms with van der Waals surface area (Å²) in [5, 5.41) is 10.1. The molecule has 328 valence electrons. The Morgan fingerprint density at radius 1 is 0.967 bits per heavy atom. The highest BCUT2D eigenvalue weighted by molar-refractivity contribution is 9.10. The van der Waals surface area contributed by atoms with E-state index in [9.17, 15) is 28.8 Å². The van der Waals surface area contributed by atoms with Crippen LogP contribution < -0.4 is 16.2 Å². The van der Waals surface area contributed by atoms with Crippen LogP contribution in [0.15, 0.2) is 68.8 Å². The maximum absolute atomic E-state index is 13.6. The molecule has 2 unspecified atom stereocenters. The van der Waals surface area contributed by atoms with Crippen molar-refractivity contribution in [1.29, 1.82) is 0 Å². The molecule has 4 aliphatic heterocycles. The van der Waals surface area contributed by atoms with E-state index in [4.69, 9.17) is 0 Å². The zero-order valence-corrected chi connectivity index (χ0v) is 38.9. The smallest absolute Gasteiger partial charge is 0.282 e. The van der Waals surface area contributed by atoms with Crippen molar-refractivity contribution in [2.45, 2.75) is 99.6 Å². The number of nitrogens with one attached hydrogen (secondary N) is 2. The quantitative estimate of drug-likeness (QED) is 0.203. The normalized spacial score (nSPS) is 18.8. The lowest BCUT2D eigenvalue weighted by atomic mass is 9.71. The van der Waals surface area contributed by atoms with E-state index in [1.165, 1.54) is 11.7 Å². The molecular formula is C45H65BrN8O6. The third-order valence-electron chi connectivity index (χ3n) is 11.1. The van der Waals surface area contributed by atoms with Crippen molar-refractivity contribution in [1.82, 2.24) is 34.7 Å². The number of amides is 4. The fourth-order valence-corrected chi connectivity index (χ4v) is 8.50. The van der Waals surface area contributed by atoms with E-state index in [-0.39, 0.29) is 41.7 Å². The van der Waals surface area contributed by atoms with Gasteiger partial charge in [-0.05, 0) is 78.7 Å². The van der Waals surface area contributed by atoms with Crippen LogP contribution in [0.2, 0.25) is 0 Å². The number of carbonyl (C=O) groups is 5. The molecule has 15 heteroatoms. The summed E-state index contributed by atoms with van der Waals surface area (Å²) in [6, 6.07) is 6.78. The van der Waals surface area contributed by atoms with Gasteiger partial charge in [-0.25, -0.2) is 4.68 Å². The predicted octanol–water partition coefficient (Wildman–Crippen LogP) is 6.00. The lowest BCUT2D eigenvalue weighted by Gasteiger charge is -2.55. The molecule has 1 spiro atoms. The average Bonchev–Trinajstić information content (AvgIpc) is 3.48. The highest BCUT2D eigenvalue weighted by atomic mass is 79.9. The van der Waals surface area contributed by atoms with Gasteiger partial charge >= 0.3 is 0 Å². The number of piperidine rings is 1. The third kappa shape index (κ3) is 10.8. The standard InChI is InChI=1S/C39H47BrN8O6.3C2H6/c1-6-31(33-24(2)35(51)48(37(33)53)29(21-49)11-12-32(50)41-3)47-22-39(23-47)13-15-46(16-14-39)36(52)26-9-7-25(8-10-26)27-17-28(20-44(4)19-27)43-30-18-42-45(5)38(54)34(30)40;3*1-2/h6-10,18-19,21,28-29,43H,11-17,20,22-23H2,1-5H3,(H,41,50);3*1-2H3/b31-6+;;;. The summed E-state index contributed by atoms with van der Waals surface area (Å²) in [7, 11) is 5.12. The molecule has 2 aromatic rings. The molecule has 2 fully saturated rings. The molecule has 0 aliphatic carbocycles. The number of hydrogen-bond donors (Lipinski definition) is 2. The summed E-state index contributed by atoms with van der Waals surface area (Å²) in [6.07, 6.45) is 8.61. The fraction of sp³-hybridized carbons (Fsp3) is 0.533. The maximum Gasteiger partial charge on any atom is 0.282 e. The monoisotopic (exact) mass is 892 g/mol. The first-order chi connectivity index (χ1) is 28.8. The molecule has 4 aliphatic rings. The number of carbonyl (C=O) groups excluding carboxylic acids is 5. The number of halogens is 1. The maximum atomic E-state index is 13.6. The van der Waals surface area contributed by atoms with Crippen LogP contribution in [0.4, 0.5) is 5.69 Å². The van der Waals surface area contributed by atoms with Crippen LogP contribution in [-0.2, 0) is 26.2 Å². The number of allylic oxidation sites excluding steroid dienone is 1. The summed E-state index contributed by atoms with van der Waals surface area (Å²) in [5.74, 6) is -1.30. The Labute approximate surface area is 364 Å². The molecule has 4 amide bonds. The number of nitrogens with zero attached hydrogens (tertiary/aromatic N) is 6. The van der Waals surface area contributed by atoms with Crippen LogP contribution in [0.1, 0.15) is 103 Å². The van der Waals surface area contributed by atoms with E-state index in [0.717, 1.165) is 41.8 Å². The summed E-state index contributed by atoms with van der Waals surface area (Å²) in [6.45, 7) is 18.8. The third-order valence-corrected chi connectivity index (χ3v) is 11.9. The Bertz CT molecular complexity index is 2010. The van der Waals surface area contributed by atoms with Gasteiger partial charge in [0.15, 0.2) is 0 Å². The second kappa shape index (κ2) is 22.5. The number of anilines is 1. The molecule has 2 saturated heterocycles. The summed E-state index contributed by atoms with van der Waals surface area (Å²) in [5.41, 5.74) is 4.49. The zero-order chi connectivity index (χ0) is 44.9. The number of hydrogen-bond acceptors (Lipinski definition) is 10. The van der Waals surface area contributed by atoms with Crippen LogP contribution in [-0.4, -0.2) is 118 Å². The van der Waals surface area contributed by atoms with E-state index >= 15 is 0 Å². The van der Waals surface area contributed by atoms with Gasteiger partial charge < -0.3 is 30.1 Å². The summed E-state index contributed by atoms with van der Waals surface area (Å²) in [4.78, 5) is 83.6. The number of benzene rings is 1. The van der Waals surface area contributed by atoms with Gasteiger partial charge in [-0.2, -0.15) is 5.10 Å². The van der Waals surface area contributed by atoms with Gasteiger partial charge in [0.2, 0.25) is 5.91 Å². The fourth-order valence-electron chi connectivity index (χ4n) is 8.02. The molecule has 1 aromatic carbocycles. The van der Waals surface area contributed by atoms with Crippen molar-refractivity contribution in [3.8, 4) is 0 Å². The molecule has 0 radical (unpaired) electrons. The minimum Gasteiger partial charge on any atom is -0.378 e. The molecule has 5 heterocycles. The van der Waals surface area contributed by atoms with Crippen molar-refractivity contribution in [3.63, 3.8) is 0 Å². The van der Waals surface area contributed by atoms with Crippen LogP contribution in [0, 0.1) is 5.41 Å². The topological polar surface area (TPSA) is 157 Å². The molecule has 6 rings (SSSR count).